The molecule has 1 saturated heterocycles. The fourth-order valence-electron chi connectivity index (χ4n) is 2.24. The maximum Gasteiger partial charge on any atom is 0.327 e. The van der Waals surface area contributed by atoms with Crippen LogP contribution in [0, 0.1) is 6.92 Å². The van der Waals surface area contributed by atoms with Gasteiger partial charge in [-0.05, 0) is 38.7 Å². The van der Waals surface area contributed by atoms with Crippen molar-refractivity contribution in [1.29, 1.82) is 0 Å². The van der Waals surface area contributed by atoms with E-state index in [9.17, 15) is 4.79 Å². The van der Waals surface area contributed by atoms with Gasteiger partial charge in [-0.1, -0.05) is 6.92 Å². The second-order valence-electron chi connectivity index (χ2n) is 5.29. The summed E-state index contributed by atoms with van der Waals surface area (Å²) >= 11 is 1.43. The molecule has 1 aromatic rings. The van der Waals surface area contributed by atoms with Crippen LogP contribution in [0.1, 0.15) is 32.0 Å². The summed E-state index contributed by atoms with van der Waals surface area (Å²) in [5.74, 6) is 0. The van der Waals surface area contributed by atoms with E-state index in [1.807, 2.05) is 11.9 Å². The summed E-state index contributed by atoms with van der Waals surface area (Å²) in [4.78, 5) is 18.2. The summed E-state index contributed by atoms with van der Waals surface area (Å²) in [6.07, 6.45) is 0.911. The molecule has 1 aliphatic heterocycles. The molecular formula is C13H22N4OS. The second kappa shape index (κ2) is 5.46. The third kappa shape index (κ3) is 2.60. The topological polar surface area (TPSA) is 39.7 Å². The number of aromatic nitrogens is 1. The Bertz CT molecular complexity index is 471. The minimum atomic E-state index is 0.0614. The van der Waals surface area contributed by atoms with E-state index in [1.165, 1.54) is 11.5 Å². The van der Waals surface area contributed by atoms with Crippen molar-refractivity contribution in [2.45, 2.75) is 40.2 Å². The summed E-state index contributed by atoms with van der Waals surface area (Å²) in [6, 6.07) is 0.475. The predicted molar refractivity (Wildman–Crippen MR) is 78.6 cm³/mol. The maximum absolute atomic E-state index is 12.3. The Kier molecular flexibility index (Phi) is 4.10. The molecule has 1 aromatic heterocycles. The van der Waals surface area contributed by atoms with Crippen molar-refractivity contribution in [3.8, 4) is 0 Å². The van der Waals surface area contributed by atoms with Gasteiger partial charge >= 0.3 is 6.03 Å². The molecule has 2 rings (SSSR count). The van der Waals surface area contributed by atoms with Gasteiger partial charge in [0, 0.05) is 18.7 Å². The van der Waals surface area contributed by atoms with Gasteiger partial charge in [-0.15, -0.1) is 0 Å². The lowest BCUT2D eigenvalue weighted by Crippen LogP contribution is -2.58. The van der Waals surface area contributed by atoms with Gasteiger partial charge in [0.25, 0.3) is 0 Å². The molecule has 0 unspecified atom stereocenters. The van der Waals surface area contributed by atoms with E-state index in [4.69, 9.17) is 0 Å². The predicted octanol–water partition coefficient (Wildman–Crippen LogP) is 2.51. The number of hydrogen-bond acceptors (Lipinski definition) is 4. The molecule has 0 atom stereocenters. The highest BCUT2D eigenvalue weighted by molar-refractivity contribution is 7.10. The number of hydrogen-bond donors (Lipinski definition) is 0. The van der Waals surface area contributed by atoms with Gasteiger partial charge in [0.05, 0.1) is 19.0 Å². The highest BCUT2D eigenvalue weighted by Crippen LogP contribution is 2.31. The Labute approximate surface area is 119 Å². The first kappa shape index (κ1) is 14.3. The molecule has 0 aromatic carbocycles. The number of urea groups is 1. The number of aryl methyl sites for hydroxylation is 1. The standard InChI is InChI=1S/C13H22N4OS/c1-6-11-10(4)12(19-14-11)17-8-16(9(2)3)7-15(5)13(17)18/h9H,6-8H2,1-5H3. The average molecular weight is 282 g/mol. The number of rotatable bonds is 3. The molecule has 0 saturated carbocycles. The van der Waals surface area contributed by atoms with Gasteiger partial charge in [0.1, 0.15) is 5.00 Å². The quantitative estimate of drug-likeness (QED) is 0.855. The van der Waals surface area contributed by atoms with E-state index in [2.05, 4.69) is 37.0 Å². The maximum atomic E-state index is 12.3. The Morgan fingerprint density at radius 2 is 2.05 bits per heavy atom. The van der Waals surface area contributed by atoms with Crippen LogP contribution in [0.2, 0.25) is 0 Å². The molecule has 1 fully saturated rings. The molecule has 2 heterocycles. The Morgan fingerprint density at radius 3 is 2.58 bits per heavy atom. The van der Waals surface area contributed by atoms with Crippen LogP contribution in [-0.2, 0) is 6.42 Å². The lowest BCUT2D eigenvalue weighted by molar-refractivity contribution is 0.108. The van der Waals surface area contributed by atoms with E-state index < -0.39 is 0 Å². The van der Waals surface area contributed by atoms with Crippen LogP contribution < -0.4 is 4.90 Å². The van der Waals surface area contributed by atoms with E-state index in [0.29, 0.717) is 19.4 Å². The zero-order valence-corrected chi connectivity index (χ0v) is 13.1. The van der Waals surface area contributed by atoms with Gasteiger partial charge < -0.3 is 4.90 Å². The van der Waals surface area contributed by atoms with Gasteiger partial charge in [0.15, 0.2) is 0 Å². The van der Waals surface area contributed by atoms with Crippen LogP contribution in [0.15, 0.2) is 0 Å². The smallest absolute Gasteiger partial charge is 0.314 e. The number of carbonyl (C=O) groups excluding carboxylic acids is 1. The largest absolute Gasteiger partial charge is 0.327 e. The van der Waals surface area contributed by atoms with Crippen LogP contribution in [-0.4, -0.2) is 46.6 Å². The molecule has 0 bridgehead atoms. The SMILES string of the molecule is CCc1nsc(N2CN(C(C)C)CN(C)C2=O)c1C. The number of amides is 2. The van der Waals surface area contributed by atoms with Gasteiger partial charge in [-0.3, -0.25) is 9.80 Å². The van der Waals surface area contributed by atoms with Crippen LogP contribution >= 0.6 is 11.5 Å². The molecule has 0 spiro atoms. The normalized spacial score (nSPS) is 17.7. The zero-order valence-electron chi connectivity index (χ0n) is 12.3. The first-order valence-corrected chi connectivity index (χ1v) is 7.44. The van der Waals surface area contributed by atoms with Crippen molar-refractivity contribution in [3.63, 3.8) is 0 Å². The van der Waals surface area contributed by atoms with Gasteiger partial charge in [0.2, 0.25) is 0 Å². The molecule has 5 nitrogen and oxygen atoms in total. The van der Waals surface area contributed by atoms with Crippen molar-refractivity contribution < 1.29 is 4.79 Å². The summed E-state index contributed by atoms with van der Waals surface area (Å²) in [5.41, 5.74) is 2.23. The van der Waals surface area contributed by atoms with Crippen LogP contribution in [0.4, 0.5) is 9.80 Å². The lowest BCUT2D eigenvalue weighted by Gasteiger charge is -2.41. The monoisotopic (exact) mass is 282 g/mol. The lowest BCUT2D eigenvalue weighted by atomic mass is 10.2. The minimum Gasteiger partial charge on any atom is -0.314 e. The summed E-state index contributed by atoms with van der Waals surface area (Å²) in [7, 11) is 1.85. The molecule has 0 radical (unpaired) electrons. The van der Waals surface area contributed by atoms with E-state index in [0.717, 1.165) is 22.7 Å². The molecule has 19 heavy (non-hydrogen) atoms. The Morgan fingerprint density at radius 1 is 1.37 bits per heavy atom. The first-order valence-electron chi connectivity index (χ1n) is 6.67. The number of carbonyl (C=O) groups is 1. The van der Waals surface area contributed by atoms with Gasteiger partial charge in [-0.2, -0.15) is 4.37 Å². The van der Waals surface area contributed by atoms with Gasteiger partial charge in [-0.25, -0.2) is 4.79 Å². The molecule has 6 heteroatoms. The molecule has 106 valence electrons. The van der Waals surface area contributed by atoms with Crippen LogP contribution in [0.3, 0.4) is 0 Å². The molecule has 1 aliphatic rings. The van der Waals surface area contributed by atoms with Crippen LogP contribution in [0.5, 0.6) is 0 Å². The third-order valence-electron chi connectivity index (χ3n) is 3.58. The van der Waals surface area contributed by atoms with E-state index in [1.54, 1.807) is 4.90 Å². The Hall–Kier alpha value is -1.14. The fraction of sp³-hybridized carbons (Fsp3) is 0.692. The van der Waals surface area contributed by atoms with Crippen LogP contribution in [0.25, 0.3) is 0 Å². The third-order valence-corrected chi connectivity index (χ3v) is 4.59. The minimum absolute atomic E-state index is 0.0614. The van der Waals surface area contributed by atoms with E-state index >= 15 is 0 Å². The van der Waals surface area contributed by atoms with Crippen molar-refractivity contribution in [1.82, 2.24) is 14.2 Å². The molecule has 0 N–H and O–H groups in total. The molecular weight excluding hydrogens is 260 g/mol. The second-order valence-corrected chi connectivity index (χ2v) is 6.04. The summed E-state index contributed by atoms with van der Waals surface area (Å²) < 4.78 is 4.45. The number of nitrogens with zero attached hydrogens (tertiary/aromatic N) is 4. The zero-order chi connectivity index (χ0) is 14.2. The van der Waals surface area contributed by atoms with Crippen molar-refractivity contribution in [2.75, 3.05) is 25.3 Å². The highest BCUT2D eigenvalue weighted by atomic mass is 32.1. The van der Waals surface area contributed by atoms with Crippen molar-refractivity contribution in [2.24, 2.45) is 0 Å². The molecule has 0 aliphatic carbocycles. The summed E-state index contributed by atoms with van der Waals surface area (Å²) in [5, 5.41) is 0.985. The Balaban J connectivity index is 2.30. The molecule has 2 amide bonds. The average Bonchev–Trinajstić information content (AvgIpc) is 2.73. The first-order chi connectivity index (χ1) is 8.95. The highest BCUT2D eigenvalue weighted by Gasteiger charge is 2.32. The number of anilines is 1. The van der Waals surface area contributed by atoms with E-state index in [-0.39, 0.29) is 6.03 Å². The fourth-order valence-corrected chi connectivity index (χ4v) is 3.20. The van der Waals surface area contributed by atoms with Crippen molar-refractivity contribution in [3.05, 3.63) is 11.3 Å². The summed E-state index contributed by atoms with van der Waals surface area (Å²) in [6.45, 7) is 9.78. The van der Waals surface area contributed by atoms with Crippen molar-refractivity contribution >= 4 is 22.6 Å².